The summed E-state index contributed by atoms with van der Waals surface area (Å²) in [5.41, 5.74) is 2.56. The molecule has 3 aliphatic carbocycles. The molecular formula is C23H31NO5. The predicted molar refractivity (Wildman–Crippen MR) is 107 cm³/mol. The van der Waals surface area contributed by atoms with Crippen molar-refractivity contribution < 1.29 is 23.9 Å². The number of carbonyl (C=O) groups is 2. The number of ether oxygens (including phenoxy) is 2. The van der Waals surface area contributed by atoms with Gasteiger partial charge in [-0.05, 0) is 73.1 Å². The lowest BCUT2D eigenvalue weighted by Gasteiger charge is -2.51. The highest BCUT2D eigenvalue weighted by molar-refractivity contribution is 5.69. The van der Waals surface area contributed by atoms with E-state index in [-0.39, 0.29) is 29.4 Å². The summed E-state index contributed by atoms with van der Waals surface area (Å²) >= 11 is 0. The molecule has 6 heteroatoms. The average molecular weight is 402 g/mol. The maximum Gasteiger partial charge on any atom is 0.308 e. The van der Waals surface area contributed by atoms with E-state index in [0.717, 1.165) is 32.1 Å². The van der Waals surface area contributed by atoms with E-state index in [9.17, 15) is 9.59 Å². The minimum Gasteiger partial charge on any atom is -0.462 e. The van der Waals surface area contributed by atoms with E-state index in [4.69, 9.17) is 20.2 Å². The van der Waals surface area contributed by atoms with E-state index in [0.29, 0.717) is 30.1 Å². The Bertz CT molecular complexity index is 808. The Kier molecular flexibility index (Phi) is 5.42. The van der Waals surface area contributed by atoms with Gasteiger partial charge >= 0.3 is 11.9 Å². The Hall–Kier alpha value is -1.92. The van der Waals surface area contributed by atoms with Gasteiger partial charge in [-0.15, -0.1) is 0 Å². The Balaban J connectivity index is 1.66. The van der Waals surface area contributed by atoms with Crippen LogP contribution in [-0.2, 0) is 19.2 Å². The van der Waals surface area contributed by atoms with Crippen LogP contribution in [0.2, 0.25) is 0 Å². The Morgan fingerprint density at radius 1 is 1.14 bits per heavy atom. The second-order valence-corrected chi connectivity index (χ2v) is 9.25. The lowest BCUT2D eigenvalue weighted by Crippen LogP contribution is -2.46. The summed E-state index contributed by atoms with van der Waals surface area (Å²) in [6, 6.07) is 6.00. The SMILES string of the molecule is CC(=O)Oc1ccc2c(c1)[C@H](CON)C[C@@H]1[C@@H]2CC[C@]2(C)C(OC(C)=O)CC[C@@H]12. The van der Waals surface area contributed by atoms with E-state index < -0.39 is 0 Å². The fourth-order valence-corrected chi connectivity index (χ4v) is 6.55. The molecule has 3 aliphatic rings. The third-order valence-electron chi connectivity index (χ3n) is 7.67. The van der Waals surface area contributed by atoms with Gasteiger partial charge in [-0.2, -0.15) is 0 Å². The molecule has 0 amide bonds. The lowest BCUT2D eigenvalue weighted by atomic mass is 9.54. The fourth-order valence-electron chi connectivity index (χ4n) is 6.55. The molecule has 0 aliphatic heterocycles. The summed E-state index contributed by atoms with van der Waals surface area (Å²) in [4.78, 5) is 28.1. The Morgan fingerprint density at radius 3 is 2.62 bits per heavy atom. The highest BCUT2D eigenvalue weighted by atomic mass is 16.6. The monoisotopic (exact) mass is 401 g/mol. The van der Waals surface area contributed by atoms with Crippen LogP contribution in [-0.4, -0.2) is 24.6 Å². The van der Waals surface area contributed by atoms with Gasteiger partial charge in [-0.1, -0.05) is 13.0 Å². The summed E-state index contributed by atoms with van der Waals surface area (Å²) in [6.07, 6.45) is 5.17. The van der Waals surface area contributed by atoms with Crippen LogP contribution in [0.1, 0.15) is 75.8 Å². The maximum absolute atomic E-state index is 11.6. The quantitative estimate of drug-likeness (QED) is 0.469. The van der Waals surface area contributed by atoms with Crippen molar-refractivity contribution in [1.82, 2.24) is 0 Å². The van der Waals surface area contributed by atoms with Crippen LogP contribution in [0.3, 0.4) is 0 Å². The largest absolute Gasteiger partial charge is 0.462 e. The molecule has 2 N–H and O–H groups in total. The van der Waals surface area contributed by atoms with Gasteiger partial charge in [0.05, 0.1) is 6.61 Å². The summed E-state index contributed by atoms with van der Waals surface area (Å²) in [5.74, 6) is 7.22. The van der Waals surface area contributed by atoms with Gasteiger partial charge in [0.2, 0.25) is 0 Å². The number of benzene rings is 1. The minimum absolute atomic E-state index is 0.0166. The first-order chi connectivity index (χ1) is 13.8. The molecular weight excluding hydrogens is 370 g/mol. The molecule has 29 heavy (non-hydrogen) atoms. The van der Waals surface area contributed by atoms with Crippen LogP contribution in [0, 0.1) is 17.3 Å². The average Bonchev–Trinajstić information content (AvgIpc) is 2.98. The van der Waals surface area contributed by atoms with Gasteiger partial charge in [0, 0.05) is 25.2 Å². The number of hydrogen-bond donors (Lipinski definition) is 1. The molecule has 0 aromatic heterocycles. The molecule has 0 spiro atoms. The second-order valence-electron chi connectivity index (χ2n) is 9.25. The van der Waals surface area contributed by atoms with Gasteiger partial charge in [0.25, 0.3) is 0 Å². The molecule has 0 bridgehead atoms. The first-order valence-electron chi connectivity index (χ1n) is 10.6. The van der Waals surface area contributed by atoms with Gasteiger partial charge < -0.3 is 14.3 Å². The molecule has 4 rings (SSSR count). The van der Waals surface area contributed by atoms with Crippen LogP contribution in [0.25, 0.3) is 0 Å². The molecule has 0 saturated heterocycles. The fraction of sp³-hybridized carbons (Fsp3) is 0.652. The summed E-state index contributed by atoms with van der Waals surface area (Å²) in [5, 5.41) is 0. The molecule has 1 aromatic rings. The number of carbonyl (C=O) groups excluding carboxylic acids is 2. The van der Waals surface area contributed by atoms with Crippen LogP contribution >= 0.6 is 0 Å². The summed E-state index contributed by atoms with van der Waals surface area (Å²) in [6.45, 7) is 5.67. The van der Waals surface area contributed by atoms with Crippen molar-refractivity contribution >= 4 is 11.9 Å². The van der Waals surface area contributed by atoms with E-state index in [1.165, 1.54) is 25.0 Å². The number of nitrogens with two attached hydrogens (primary N) is 1. The van der Waals surface area contributed by atoms with E-state index >= 15 is 0 Å². The number of rotatable bonds is 4. The topological polar surface area (TPSA) is 87.8 Å². The minimum atomic E-state index is -0.318. The molecule has 0 heterocycles. The normalized spacial score (nSPS) is 35.2. The third kappa shape index (κ3) is 3.57. The van der Waals surface area contributed by atoms with Crippen molar-refractivity contribution in [3.8, 4) is 5.75 Å². The van der Waals surface area contributed by atoms with Crippen LogP contribution < -0.4 is 10.6 Å². The lowest BCUT2D eigenvalue weighted by molar-refractivity contribution is -0.154. The maximum atomic E-state index is 11.6. The summed E-state index contributed by atoms with van der Waals surface area (Å²) < 4.78 is 11.0. The van der Waals surface area contributed by atoms with Crippen LogP contribution in [0.4, 0.5) is 0 Å². The van der Waals surface area contributed by atoms with Crippen molar-refractivity contribution in [2.45, 2.75) is 70.8 Å². The first kappa shape index (κ1) is 20.4. The highest BCUT2D eigenvalue weighted by Crippen LogP contribution is 2.63. The van der Waals surface area contributed by atoms with Crippen molar-refractivity contribution in [3.05, 3.63) is 29.3 Å². The zero-order valence-electron chi connectivity index (χ0n) is 17.5. The van der Waals surface area contributed by atoms with Crippen molar-refractivity contribution in [2.75, 3.05) is 6.61 Å². The smallest absolute Gasteiger partial charge is 0.308 e. The second kappa shape index (κ2) is 7.73. The van der Waals surface area contributed by atoms with Crippen molar-refractivity contribution in [1.29, 1.82) is 0 Å². The Morgan fingerprint density at radius 2 is 1.93 bits per heavy atom. The van der Waals surface area contributed by atoms with Gasteiger partial charge in [-0.25, -0.2) is 5.90 Å². The molecule has 1 unspecified atom stereocenters. The molecule has 2 fully saturated rings. The first-order valence-corrected chi connectivity index (χ1v) is 10.6. The van der Waals surface area contributed by atoms with Gasteiger partial charge in [0.15, 0.2) is 0 Å². The molecule has 6 atom stereocenters. The van der Waals surface area contributed by atoms with E-state index in [1.54, 1.807) is 0 Å². The van der Waals surface area contributed by atoms with Gasteiger partial charge in [-0.3, -0.25) is 9.59 Å². The van der Waals surface area contributed by atoms with Crippen molar-refractivity contribution in [3.63, 3.8) is 0 Å². The standard InChI is InChI=1S/C23H31NO5/c1-13(25)28-16-4-5-17-18-8-9-23(3)21(6-7-22(23)29-14(2)26)20(18)10-15(12-27-24)19(17)11-16/h4-5,11,15,18,20-22H,6-10,12,24H2,1-3H3/t15-,18+,20+,21-,22?,23-/m0/s1. The Labute approximate surface area is 172 Å². The molecule has 0 radical (unpaired) electrons. The number of esters is 2. The number of hydrogen-bond acceptors (Lipinski definition) is 6. The highest BCUT2D eigenvalue weighted by Gasteiger charge is 2.57. The van der Waals surface area contributed by atoms with E-state index in [1.807, 2.05) is 12.1 Å². The van der Waals surface area contributed by atoms with Crippen LogP contribution in [0.5, 0.6) is 5.75 Å². The molecule has 158 valence electrons. The molecule has 1 aromatic carbocycles. The zero-order valence-corrected chi connectivity index (χ0v) is 17.5. The van der Waals surface area contributed by atoms with Gasteiger partial charge in [0.1, 0.15) is 11.9 Å². The summed E-state index contributed by atoms with van der Waals surface area (Å²) in [7, 11) is 0. The number of fused-ring (bicyclic) bond motifs is 5. The zero-order chi connectivity index (χ0) is 20.8. The van der Waals surface area contributed by atoms with E-state index in [2.05, 4.69) is 13.0 Å². The molecule has 2 saturated carbocycles. The predicted octanol–water partition coefficient (Wildman–Crippen LogP) is 3.83. The van der Waals surface area contributed by atoms with Crippen molar-refractivity contribution in [2.24, 2.45) is 23.1 Å². The molecule has 6 nitrogen and oxygen atoms in total. The third-order valence-corrected chi connectivity index (χ3v) is 7.67. The van der Waals surface area contributed by atoms with Crippen LogP contribution in [0.15, 0.2) is 18.2 Å².